The molecule has 0 unspecified atom stereocenters. The van der Waals surface area contributed by atoms with Gasteiger partial charge in [-0.1, -0.05) is 33.8 Å². The van der Waals surface area contributed by atoms with Crippen LogP contribution in [0.3, 0.4) is 0 Å². The Kier molecular flexibility index (Phi) is 4.83. The highest BCUT2D eigenvalue weighted by molar-refractivity contribution is 9.10. The van der Waals surface area contributed by atoms with Crippen molar-refractivity contribution in [3.05, 3.63) is 51.4 Å². The zero-order chi connectivity index (χ0) is 12.8. The Bertz CT molecular complexity index is 574. The molecule has 18 heavy (non-hydrogen) atoms. The highest BCUT2D eigenvalue weighted by atomic mass is 79.9. The Hall–Kier alpha value is -1.27. The van der Waals surface area contributed by atoms with Gasteiger partial charge in [0.2, 0.25) is 0 Å². The first-order valence-corrected chi connectivity index (χ1v) is 7.08. The molecule has 2 rings (SSSR count). The van der Waals surface area contributed by atoms with E-state index in [1.54, 1.807) is 0 Å². The minimum Gasteiger partial charge on any atom is -0.493 e. The van der Waals surface area contributed by atoms with Crippen LogP contribution in [-0.4, -0.2) is 22.3 Å². The number of thioether (sulfide) groups is 1. The molecular weight excluding hydrogens is 316 g/mol. The number of aromatic nitrogens is 2. The second-order valence-electron chi connectivity index (χ2n) is 3.39. The third kappa shape index (κ3) is 4.19. The molecule has 0 fully saturated rings. The lowest BCUT2D eigenvalue weighted by Gasteiger charge is -2.05. The van der Waals surface area contributed by atoms with Gasteiger partial charge in [-0.15, -0.1) is 0 Å². The van der Waals surface area contributed by atoms with Gasteiger partial charge in [-0.2, -0.15) is 0 Å². The first-order chi connectivity index (χ1) is 8.74. The number of nitrogens with zero attached hydrogens (tertiary/aromatic N) is 1. The molecule has 4 nitrogen and oxygen atoms in total. The zero-order valence-corrected chi connectivity index (χ0v) is 11.8. The molecule has 1 aromatic heterocycles. The molecular formula is C12H11BrN2O2S. The second kappa shape index (κ2) is 6.61. The SMILES string of the molecule is O=c1ccnc(SCCOc2cccc(Br)c2)[nH]1. The van der Waals surface area contributed by atoms with Crippen LogP contribution in [0.15, 0.2) is 51.0 Å². The molecule has 0 radical (unpaired) electrons. The minimum absolute atomic E-state index is 0.139. The maximum absolute atomic E-state index is 11.0. The van der Waals surface area contributed by atoms with Crippen LogP contribution in [-0.2, 0) is 0 Å². The van der Waals surface area contributed by atoms with E-state index in [2.05, 4.69) is 25.9 Å². The Balaban J connectivity index is 1.78. The number of H-pyrrole nitrogens is 1. The van der Waals surface area contributed by atoms with Crippen LogP contribution < -0.4 is 10.3 Å². The zero-order valence-electron chi connectivity index (χ0n) is 9.43. The number of ether oxygens (including phenoxy) is 1. The summed E-state index contributed by atoms with van der Waals surface area (Å²) in [6.45, 7) is 0.555. The molecule has 2 aromatic rings. The topological polar surface area (TPSA) is 55.0 Å². The Labute approximate surface area is 117 Å². The maximum Gasteiger partial charge on any atom is 0.251 e. The standard InChI is InChI=1S/C12H11BrN2O2S/c13-9-2-1-3-10(8-9)17-6-7-18-12-14-5-4-11(16)15-12/h1-5,8H,6-7H2,(H,14,15,16). The van der Waals surface area contributed by atoms with Crippen LogP contribution in [0.25, 0.3) is 0 Å². The molecule has 6 heteroatoms. The highest BCUT2D eigenvalue weighted by Gasteiger charge is 1.98. The third-order valence-corrected chi connectivity index (χ3v) is 3.38. The van der Waals surface area contributed by atoms with Gasteiger partial charge in [-0.3, -0.25) is 4.79 Å². The Morgan fingerprint density at radius 1 is 1.39 bits per heavy atom. The molecule has 0 aliphatic carbocycles. The number of rotatable bonds is 5. The summed E-state index contributed by atoms with van der Waals surface area (Å²) >= 11 is 4.84. The average molecular weight is 327 g/mol. The predicted molar refractivity (Wildman–Crippen MR) is 75.2 cm³/mol. The van der Waals surface area contributed by atoms with Crippen LogP contribution >= 0.6 is 27.7 Å². The average Bonchev–Trinajstić information content (AvgIpc) is 2.35. The molecule has 0 atom stereocenters. The van der Waals surface area contributed by atoms with Crippen molar-refractivity contribution in [2.24, 2.45) is 0 Å². The van der Waals surface area contributed by atoms with Gasteiger partial charge < -0.3 is 9.72 Å². The van der Waals surface area contributed by atoms with E-state index in [-0.39, 0.29) is 5.56 Å². The predicted octanol–water partition coefficient (Wildman–Crippen LogP) is 2.70. The number of benzene rings is 1. The summed E-state index contributed by atoms with van der Waals surface area (Å²) in [4.78, 5) is 17.7. The maximum atomic E-state index is 11.0. The largest absolute Gasteiger partial charge is 0.493 e. The molecule has 1 aromatic carbocycles. The van der Waals surface area contributed by atoms with Crippen LogP contribution in [0.2, 0.25) is 0 Å². The fraction of sp³-hybridized carbons (Fsp3) is 0.167. The van der Waals surface area contributed by atoms with Crippen molar-refractivity contribution in [1.82, 2.24) is 9.97 Å². The second-order valence-corrected chi connectivity index (χ2v) is 5.39. The molecule has 0 amide bonds. The summed E-state index contributed by atoms with van der Waals surface area (Å²) < 4.78 is 6.56. The summed E-state index contributed by atoms with van der Waals surface area (Å²) in [7, 11) is 0. The lowest BCUT2D eigenvalue weighted by molar-refractivity contribution is 0.343. The summed E-state index contributed by atoms with van der Waals surface area (Å²) in [6, 6.07) is 9.07. The minimum atomic E-state index is -0.139. The van der Waals surface area contributed by atoms with Crippen molar-refractivity contribution in [3.63, 3.8) is 0 Å². The Morgan fingerprint density at radius 2 is 2.28 bits per heavy atom. The van der Waals surface area contributed by atoms with E-state index in [4.69, 9.17) is 4.74 Å². The van der Waals surface area contributed by atoms with E-state index in [0.717, 1.165) is 16.0 Å². The number of hydrogen-bond donors (Lipinski definition) is 1. The van der Waals surface area contributed by atoms with Gasteiger partial charge >= 0.3 is 0 Å². The van der Waals surface area contributed by atoms with Crippen LogP contribution in [0.1, 0.15) is 0 Å². The molecule has 0 saturated carbocycles. The lowest BCUT2D eigenvalue weighted by atomic mass is 10.3. The van der Waals surface area contributed by atoms with Gasteiger partial charge in [-0.05, 0) is 18.2 Å². The quantitative estimate of drug-likeness (QED) is 0.521. The van der Waals surface area contributed by atoms with Gasteiger partial charge in [0, 0.05) is 22.5 Å². The lowest BCUT2D eigenvalue weighted by Crippen LogP contribution is -2.07. The van der Waals surface area contributed by atoms with E-state index >= 15 is 0 Å². The van der Waals surface area contributed by atoms with E-state index in [0.29, 0.717) is 11.8 Å². The first-order valence-electron chi connectivity index (χ1n) is 5.30. The van der Waals surface area contributed by atoms with Gasteiger partial charge in [0.05, 0.1) is 6.61 Å². The summed E-state index contributed by atoms with van der Waals surface area (Å²) in [5.41, 5.74) is -0.139. The molecule has 0 spiro atoms. The van der Waals surface area contributed by atoms with Crippen molar-refractivity contribution >= 4 is 27.7 Å². The monoisotopic (exact) mass is 326 g/mol. The van der Waals surface area contributed by atoms with Crippen molar-refractivity contribution in [1.29, 1.82) is 0 Å². The molecule has 0 aliphatic rings. The number of nitrogens with one attached hydrogen (secondary N) is 1. The van der Waals surface area contributed by atoms with Crippen molar-refractivity contribution < 1.29 is 4.74 Å². The van der Waals surface area contributed by atoms with E-state index in [1.165, 1.54) is 24.0 Å². The number of aromatic amines is 1. The van der Waals surface area contributed by atoms with Crippen molar-refractivity contribution in [2.75, 3.05) is 12.4 Å². The Morgan fingerprint density at radius 3 is 3.06 bits per heavy atom. The molecule has 0 bridgehead atoms. The van der Waals surface area contributed by atoms with Crippen molar-refractivity contribution in [2.45, 2.75) is 5.16 Å². The van der Waals surface area contributed by atoms with Crippen LogP contribution in [0.5, 0.6) is 5.75 Å². The van der Waals surface area contributed by atoms with Gasteiger partial charge in [0.15, 0.2) is 5.16 Å². The van der Waals surface area contributed by atoms with Gasteiger partial charge in [0.1, 0.15) is 5.75 Å². The van der Waals surface area contributed by atoms with Crippen LogP contribution in [0.4, 0.5) is 0 Å². The summed E-state index contributed by atoms with van der Waals surface area (Å²) in [5, 5.41) is 0.611. The summed E-state index contributed by atoms with van der Waals surface area (Å²) in [5.74, 6) is 1.54. The fourth-order valence-corrected chi connectivity index (χ4v) is 2.33. The van der Waals surface area contributed by atoms with Crippen LogP contribution in [0, 0.1) is 0 Å². The molecule has 1 heterocycles. The van der Waals surface area contributed by atoms with Gasteiger partial charge in [-0.25, -0.2) is 4.98 Å². The van der Waals surface area contributed by atoms with Crippen molar-refractivity contribution in [3.8, 4) is 5.75 Å². The third-order valence-electron chi connectivity index (χ3n) is 2.03. The first kappa shape index (κ1) is 13.2. The molecule has 1 N–H and O–H groups in total. The molecule has 0 aliphatic heterocycles. The van der Waals surface area contributed by atoms with Gasteiger partial charge in [0.25, 0.3) is 5.56 Å². The van der Waals surface area contributed by atoms with E-state index < -0.39 is 0 Å². The number of halogens is 1. The number of hydrogen-bond acceptors (Lipinski definition) is 4. The smallest absolute Gasteiger partial charge is 0.251 e. The highest BCUT2D eigenvalue weighted by Crippen LogP contribution is 2.18. The van der Waals surface area contributed by atoms with E-state index in [1.807, 2.05) is 24.3 Å². The molecule has 94 valence electrons. The van der Waals surface area contributed by atoms with E-state index in [9.17, 15) is 4.79 Å². The summed E-state index contributed by atoms with van der Waals surface area (Å²) in [6.07, 6.45) is 1.50. The fourth-order valence-electron chi connectivity index (χ4n) is 1.28. The normalized spacial score (nSPS) is 10.3. The molecule has 0 saturated heterocycles.